The number of nitrogens with zero attached hydrogens (tertiary/aromatic N) is 3. The Morgan fingerprint density at radius 1 is 1.17 bits per heavy atom. The molecule has 36 heavy (non-hydrogen) atoms. The number of hydrogen-bond acceptors (Lipinski definition) is 6. The Hall–Kier alpha value is -4.01. The van der Waals surface area contributed by atoms with E-state index in [0.717, 1.165) is 16.2 Å². The quantitative estimate of drug-likeness (QED) is 0.180. The van der Waals surface area contributed by atoms with Gasteiger partial charge in [-0.2, -0.15) is 5.26 Å². The van der Waals surface area contributed by atoms with E-state index >= 15 is 0 Å². The molecule has 0 spiro atoms. The van der Waals surface area contributed by atoms with Crippen LogP contribution in [0.25, 0.3) is 0 Å². The number of thioether (sulfide) groups is 1. The number of halogens is 2. The van der Waals surface area contributed by atoms with Crippen LogP contribution >= 0.6 is 27.7 Å². The van der Waals surface area contributed by atoms with Crippen molar-refractivity contribution in [3.05, 3.63) is 109 Å². The maximum Gasteiger partial charge on any atom is 0.269 e. The van der Waals surface area contributed by atoms with Crippen molar-refractivity contribution in [1.82, 2.24) is 0 Å². The monoisotopic (exact) mass is 566 g/mol. The number of nitrogens with one attached hydrogen (secondary N) is 1. The van der Waals surface area contributed by atoms with Gasteiger partial charge in [-0.15, -0.1) is 0 Å². The number of nitro benzene ring substituents is 1. The molecule has 1 aliphatic rings. The molecule has 0 saturated carbocycles. The predicted molar refractivity (Wildman–Crippen MR) is 137 cm³/mol. The van der Waals surface area contributed by atoms with Crippen LogP contribution in [0.1, 0.15) is 5.56 Å². The highest BCUT2D eigenvalue weighted by Crippen LogP contribution is 2.42. The summed E-state index contributed by atoms with van der Waals surface area (Å²) < 4.78 is 14.4. The van der Waals surface area contributed by atoms with Gasteiger partial charge in [-0.05, 0) is 60.5 Å². The van der Waals surface area contributed by atoms with Crippen LogP contribution < -0.4 is 10.2 Å². The number of non-ortho nitro benzene ring substituents is 1. The Labute approximate surface area is 217 Å². The molecule has 2 amide bonds. The van der Waals surface area contributed by atoms with Gasteiger partial charge in [0.15, 0.2) is 0 Å². The molecule has 1 saturated heterocycles. The molecule has 0 radical (unpaired) electrons. The number of nitro groups is 1. The normalized spacial score (nSPS) is 16.4. The topological polar surface area (TPSA) is 116 Å². The van der Waals surface area contributed by atoms with Gasteiger partial charge in [0.25, 0.3) is 11.6 Å². The van der Waals surface area contributed by atoms with Crippen LogP contribution in [0, 0.1) is 27.3 Å². The highest BCUT2D eigenvalue weighted by Gasteiger charge is 2.41. The largest absolute Gasteiger partial charge is 0.321 e. The van der Waals surface area contributed by atoms with Crippen molar-refractivity contribution in [3.63, 3.8) is 0 Å². The number of nitriles is 1. The van der Waals surface area contributed by atoms with Crippen molar-refractivity contribution in [3.8, 4) is 6.07 Å². The molecule has 0 unspecified atom stereocenters. The lowest BCUT2D eigenvalue weighted by atomic mass is 10.1. The zero-order valence-corrected chi connectivity index (χ0v) is 20.8. The van der Waals surface area contributed by atoms with Crippen LogP contribution in [-0.4, -0.2) is 22.0 Å². The van der Waals surface area contributed by atoms with E-state index in [1.54, 1.807) is 30.3 Å². The molecule has 1 atom stereocenters. The van der Waals surface area contributed by atoms with Crippen LogP contribution in [0.15, 0.2) is 87.9 Å². The SMILES string of the molecule is N#C/C(C(=O)Nc1ccc(Br)cc1)=C1/S[C@@H](Cc2cccc([N+](=O)[O-])c2)C(=O)N1c1ccc(F)cc1. The first-order valence-electron chi connectivity index (χ1n) is 10.5. The third kappa shape index (κ3) is 5.45. The average molecular weight is 567 g/mol. The molecule has 1 aliphatic heterocycles. The molecule has 3 aromatic carbocycles. The zero-order valence-electron chi connectivity index (χ0n) is 18.4. The van der Waals surface area contributed by atoms with Crippen molar-refractivity contribution in [1.29, 1.82) is 5.26 Å². The summed E-state index contributed by atoms with van der Waals surface area (Å²) in [6.45, 7) is 0. The van der Waals surface area contributed by atoms with E-state index in [-0.39, 0.29) is 28.4 Å². The van der Waals surface area contributed by atoms with Gasteiger partial charge in [-0.1, -0.05) is 39.8 Å². The number of carbonyl (C=O) groups is 2. The molecular weight excluding hydrogens is 551 g/mol. The third-order valence-electron chi connectivity index (χ3n) is 5.23. The van der Waals surface area contributed by atoms with Gasteiger partial charge in [0, 0.05) is 28.0 Å². The Balaban J connectivity index is 1.72. The van der Waals surface area contributed by atoms with Crippen LogP contribution in [-0.2, 0) is 16.0 Å². The molecule has 0 bridgehead atoms. The first-order valence-corrected chi connectivity index (χ1v) is 12.1. The fraction of sp³-hybridized carbons (Fsp3) is 0.0800. The van der Waals surface area contributed by atoms with Crippen LogP contribution in [0.4, 0.5) is 21.5 Å². The molecule has 8 nitrogen and oxygen atoms in total. The van der Waals surface area contributed by atoms with E-state index < -0.39 is 27.8 Å². The molecule has 1 heterocycles. The standard InChI is InChI=1S/C25H16BrFN4O4S/c26-16-4-8-18(9-5-16)29-23(32)21(14-28)25-30(19-10-6-17(27)7-11-19)24(33)22(36-25)13-15-2-1-3-20(12-15)31(34)35/h1-12,22H,13H2,(H,29,32)/b25-21-/t22-/m0/s1. The zero-order chi connectivity index (χ0) is 25.8. The lowest BCUT2D eigenvalue weighted by molar-refractivity contribution is -0.384. The second kappa shape index (κ2) is 10.7. The van der Waals surface area contributed by atoms with Crippen molar-refractivity contribution >= 4 is 56.6 Å². The Morgan fingerprint density at radius 3 is 2.50 bits per heavy atom. The highest BCUT2D eigenvalue weighted by molar-refractivity contribution is 9.10. The minimum Gasteiger partial charge on any atom is -0.321 e. The predicted octanol–water partition coefficient (Wildman–Crippen LogP) is 5.56. The van der Waals surface area contributed by atoms with Crippen molar-refractivity contribution in [2.24, 2.45) is 0 Å². The molecule has 0 aliphatic carbocycles. The van der Waals surface area contributed by atoms with E-state index in [4.69, 9.17) is 0 Å². The van der Waals surface area contributed by atoms with Gasteiger partial charge < -0.3 is 5.32 Å². The molecule has 0 aromatic heterocycles. The van der Waals surface area contributed by atoms with Gasteiger partial charge in [-0.3, -0.25) is 24.6 Å². The van der Waals surface area contributed by atoms with Gasteiger partial charge in [0.1, 0.15) is 22.5 Å². The molecular formula is C25H16BrFN4O4S. The molecule has 3 aromatic rings. The smallest absolute Gasteiger partial charge is 0.269 e. The second-order valence-electron chi connectivity index (χ2n) is 7.64. The minimum absolute atomic E-state index is 0.0964. The lowest BCUT2D eigenvalue weighted by Crippen LogP contribution is -2.31. The summed E-state index contributed by atoms with van der Waals surface area (Å²) >= 11 is 4.32. The maximum atomic E-state index is 13.6. The summed E-state index contributed by atoms with van der Waals surface area (Å²) in [6, 6.07) is 19.7. The Kier molecular flexibility index (Phi) is 7.47. The first-order chi connectivity index (χ1) is 17.3. The van der Waals surface area contributed by atoms with Gasteiger partial charge >= 0.3 is 0 Å². The summed E-state index contributed by atoms with van der Waals surface area (Å²) in [5.74, 6) is -1.65. The van der Waals surface area contributed by atoms with Gasteiger partial charge in [-0.25, -0.2) is 4.39 Å². The number of hydrogen-bond donors (Lipinski definition) is 1. The first kappa shape index (κ1) is 25.1. The summed E-state index contributed by atoms with van der Waals surface area (Å²) in [7, 11) is 0. The van der Waals surface area contributed by atoms with Crippen LogP contribution in [0.2, 0.25) is 0 Å². The van der Waals surface area contributed by atoms with Gasteiger partial charge in [0.2, 0.25) is 5.91 Å². The van der Waals surface area contributed by atoms with Crippen molar-refractivity contribution in [2.75, 3.05) is 10.2 Å². The molecule has 180 valence electrons. The third-order valence-corrected chi connectivity index (χ3v) is 7.03. The lowest BCUT2D eigenvalue weighted by Gasteiger charge is -2.18. The summed E-state index contributed by atoms with van der Waals surface area (Å²) in [4.78, 5) is 38.3. The van der Waals surface area contributed by atoms with Crippen LogP contribution in [0.3, 0.4) is 0 Å². The molecule has 1 fully saturated rings. The fourth-order valence-corrected chi connectivity index (χ4v) is 5.12. The number of carbonyl (C=O) groups excluding carboxylic acids is 2. The summed E-state index contributed by atoms with van der Waals surface area (Å²) in [5.41, 5.74) is 0.887. The maximum absolute atomic E-state index is 13.6. The molecule has 1 N–H and O–H groups in total. The Morgan fingerprint density at radius 2 is 1.86 bits per heavy atom. The summed E-state index contributed by atoms with van der Waals surface area (Å²) in [6.07, 6.45) is 0.124. The van der Waals surface area contributed by atoms with Crippen LogP contribution in [0.5, 0.6) is 0 Å². The van der Waals surface area contributed by atoms with E-state index in [1.807, 2.05) is 6.07 Å². The fourth-order valence-electron chi connectivity index (χ4n) is 3.55. The minimum atomic E-state index is -0.768. The number of benzene rings is 3. The highest BCUT2D eigenvalue weighted by atomic mass is 79.9. The number of amides is 2. The summed E-state index contributed by atoms with van der Waals surface area (Å²) in [5, 5.41) is 23.0. The van der Waals surface area contributed by atoms with Crippen molar-refractivity contribution in [2.45, 2.75) is 11.7 Å². The molecule has 11 heteroatoms. The number of rotatable bonds is 6. The van der Waals surface area contributed by atoms with E-state index in [2.05, 4.69) is 21.2 Å². The van der Waals surface area contributed by atoms with E-state index in [9.17, 15) is 29.4 Å². The van der Waals surface area contributed by atoms with Crippen molar-refractivity contribution < 1.29 is 18.9 Å². The van der Waals surface area contributed by atoms with E-state index in [1.165, 1.54) is 47.4 Å². The molecule has 4 rings (SSSR count). The van der Waals surface area contributed by atoms with E-state index in [0.29, 0.717) is 11.3 Å². The Bertz CT molecular complexity index is 1420. The van der Waals surface area contributed by atoms with Gasteiger partial charge in [0.05, 0.1) is 10.2 Å². The average Bonchev–Trinajstić information content (AvgIpc) is 3.17. The number of anilines is 2. The second-order valence-corrected chi connectivity index (χ2v) is 9.75.